The Morgan fingerprint density at radius 3 is 2.95 bits per heavy atom. The van der Waals surface area contributed by atoms with Gasteiger partial charge in [-0.1, -0.05) is 12.8 Å². The lowest BCUT2D eigenvalue weighted by molar-refractivity contribution is 0.116. The Balaban J connectivity index is 1.92. The second-order valence-electron chi connectivity index (χ2n) is 4.85. The van der Waals surface area contributed by atoms with Crippen molar-refractivity contribution in [3.05, 3.63) is 6.33 Å². The molecule has 0 spiro atoms. The number of aliphatic hydroxyl groups is 1. The van der Waals surface area contributed by atoms with Crippen LogP contribution in [0, 0.1) is 0 Å². The highest BCUT2D eigenvalue weighted by molar-refractivity contribution is 5.83. The van der Waals surface area contributed by atoms with E-state index in [1.807, 2.05) is 0 Å². The maximum Gasteiger partial charge on any atom is 0.226 e. The zero-order valence-corrected chi connectivity index (χ0v) is 10.8. The molecule has 0 aromatic carbocycles. The summed E-state index contributed by atoms with van der Waals surface area (Å²) >= 11 is 0. The third-order valence-electron chi connectivity index (χ3n) is 3.56. The molecule has 7 heteroatoms. The molecule has 2 unspecified atom stereocenters. The van der Waals surface area contributed by atoms with E-state index in [4.69, 9.17) is 0 Å². The van der Waals surface area contributed by atoms with Crippen LogP contribution in [0.4, 0.5) is 11.8 Å². The van der Waals surface area contributed by atoms with Crippen LogP contribution in [-0.4, -0.2) is 44.2 Å². The van der Waals surface area contributed by atoms with Crippen molar-refractivity contribution in [2.45, 2.75) is 37.8 Å². The SMILES string of the molecule is CNc1nc(NC2CCCCC2O)c2[nH]cnc2n1. The molecular weight excluding hydrogens is 244 g/mol. The van der Waals surface area contributed by atoms with Crippen molar-refractivity contribution >= 4 is 22.9 Å². The summed E-state index contributed by atoms with van der Waals surface area (Å²) in [6, 6.07) is 0.0415. The van der Waals surface area contributed by atoms with Crippen molar-refractivity contribution in [3.63, 3.8) is 0 Å². The highest BCUT2D eigenvalue weighted by Crippen LogP contribution is 2.25. The molecule has 0 saturated heterocycles. The lowest BCUT2D eigenvalue weighted by Crippen LogP contribution is -2.36. The van der Waals surface area contributed by atoms with Crippen LogP contribution in [-0.2, 0) is 0 Å². The minimum Gasteiger partial charge on any atom is -0.391 e. The van der Waals surface area contributed by atoms with Crippen molar-refractivity contribution in [2.75, 3.05) is 17.7 Å². The molecule has 2 aromatic heterocycles. The van der Waals surface area contributed by atoms with Crippen LogP contribution >= 0.6 is 0 Å². The summed E-state index contributed by atoms with van der Waals surface area (Å²) in [4.78, 5) is 15.9. The summed E-state index contributed by atoms with van der Waals surface area (Å²) < 4.78 is 0. The van der Waals surface area contributed by atoms with Crippen LogP contribution in [0.5, 0.6) is 0 Å². The summed E-state index contributed by atoms with van der Waals surface area (Å²) in [6.45, 7) is 0. The van der Waals surface area contributed by atoms with Crippen LogP contribution in [0.2, 0.25) is 0 Å². The molecule has 1 fully saturated rings. The van der Waals surface area contributed by atoms with E-state index in [9.17, 15) is 5.11 Å². The Morgan fingerprint density at radius 2 is 2.16 bits per heavy atom. The van der Waals surface area contributed by atoms with E-state index in [0.29, 0.717) is 17.4 Å². The summed E-state index contributed by atoms with van der Waals surface area (Å²) in [6.07, 6.45) is 5.29. The number of rotatable bonds is 3. The molecule has 1 aliphatic carbocycles. The molecule has 4 N–H and O–H groups in total. The van der Waals surface area contributed by atoms with Gasteiger partial charge in [-0.2, -0.15) is 9.97 Å². The van der Waals surface area contributed by atoms with Gasteiger partial charge in [-0.05, 0) is 12.8 Å². The van der Waals surface area contributed by atoms with Gasteiger partial charge in [0.15, 0.2) is 11.5 Å². The van der Waals surface area contributed by atoms with Gasteiger partial charge in [0.2, 0.25) is 5.95 Å². The third-order valence-corrected chi connectivity index (χ3v) is 3.56. The first kappa shape index (κ1) is 12.2. The largest absolute Gasteiger partial charge is 0.391 e. The second kappa shape index (κ2) is 5.00. The molecule has 0 aliphatic heterocycles. The first-order chi connectivity index (χ1) is 9.28. The highest BCUT2D eigenvalue weighted by Gasteiger charge is 2.24. The molecule has 1 saturated carbocycles. The minimum atomic E-state index is -0.320. The molecule has 19 heavy (non-hydrogen) atoms. The zero-order chi connectivity index (χ0) is 13.2. The molecule has 1 aliphatic rings. The van der Waals surface area contributed by atoms with Crippen molar-refractivity contribution in [3.8, 4) is 0 Å². The van der Waals surface area contributed by atoms with Gasteiger partial charge in [-0.25, -0.2) is 4.98 Å². The van der Waals surface area contributed by atoms with E-state index in [1.165, 1.54) is 0 Å². The predicted octanol–water partition coefficient (Wildman–Crippen LogP) is 1.11. The summed E-state index contributed by atoms with van der Waals surface area (Å²) in [7, 11) is 1.77. The van der Waals surface area contributed by atoms with Gasteiger partial charge in [-0.15, -0.1) is 0 Å². The Morgan fingerprint density at radius 1 is 1.32 bits per heavy atom. The molecule has 0 amide bonds. The van der Waals surface area contributed by atoms with Gasteiger partial charge in [0.1, 0.15) is 5.52 Å². The van der Waals surface area contributed by atoms with Crippen molar-refractivity contribution in [2.24, 2.45) is 0 Å². The Bertz CT molecular complexity index is 568. The number of imidazole rings is 1. The standard InChI is InChI=1S/C12H18N6O/c1-13-12-17-10-9(14-6-15-10)11(18-12)16-7-4-2-3-5-8(7)19/h6-8,19H,2-5H2,1H3,(H3,13,14,15,16,17,18). The number of anilines is 2. The summed E-state index contributed by atoms with van der Waals surface area (Å²) in [5, 5.41) is 16.3. The predicted molar refractivity (Wildman–Crippen MR) is 73.1 cm³/mol. The Hall–Kier alpha value is -1.89. The first-order valence-corrected chi connectivity index (χ1v) is 6.61. The monoisotopic (exact) mass is 262 g/mol. The van der Waals surface area contributed by atoms with E-state index in [2.05, 4.69) is 30.6 Å². The zero-order valence-electron chi connectivity index (χ0n) is 10.8. The number of nitrogens with zero attached hydrogens (tertiary/aromatic N) is 3. The maximum atomic E-state index is 10.0. The number of H-pyrrole nitrogens is 1. The molecule has 0 bridgehead atoms. The summed E-state index contributed by atoms with van der Waals surface area (Å²) in [5.41, 5.74) is 1.39. The van der Waals surface area contributed by atoms with Crippen LogP contribution in [0.15, 0.2) is 6.33 Å². The van der Waals surface area contributed by atoms with Crippen molar-refractivity contribution in [1.29, 1.82) is 0 Å². The first-order valence-electron chi connectivity index (χ1n) is 6.61. The topological polar surface area (TPSA) is 98.8 Å². The van der Waals surface area contributed by atoms with Gasteiger partial charge in [0, 0.05) is 7.05 Å². The number of nitrogens with one attached hydrogen (secondary N) is 3. The lowest BCUT2D eigenvalue weighted by atomic mass is 9.92. The Kier molecular flexibility index (Phi) is 3.20. The fourth-order valence-corrected chi connectivity index (χ4v) is 2.50. The van der Waals surface area contributed by atoms with Gasteiger partial charge in [-0.3, -0.25) is 0 Å². The van der Waals surface area contributed by atoms with Crippen LogP contribution < -0.4 is 10.6 Å². The van der Waals surface area contributed by atoms with Crippen LogP contribution in [0.3, 0.4) is 0 Å². The number of aromatic nitrogens is 4. The van der Waals surface area contributed by atoms with E-state index in [-0.39, 0.29) is 12.1 Å². The van der Waals surface area contributed by atoms with E-state index < -0.39 is 0 Å². The van der Waals surface area contributed by atoms with E-state index >= 15 is 0 Å². The fourth-order valence-electron chi connectivity index (χ4n) is 2.50. The second-order valence-corrected chi connectivity index (χ2v) is 4.85. The molecule has 102 valence electrons. The van der Waals surface area contributed by atoms with E-state index in [0.717, 1.165) is 31.2 Å². The Labute approximate surface area is 110 Å². The van der Waals surface area contributed by atoms with Gasteiger partial charge in [0.05, 0.1) is 18.5 Å². The lowest BCUT2D eigenvalue weighted by Gasteiger charge is -2.28. The van der Waals surface area contributed by atoms with Crippen LogP contribution in [0.1, 0.15) is 25.7 Å². The molecule has 2 heterocycles. The molecule has 0 radical (unpaired) electrons. The van der Waals surface area contributed by atoms with Gasteiger partial charge < -0.3 is 20.7 Å². The van der Waals surface area contributed by atoms with Crippen molar-refractivity contribution in [1.82, 2.24) is 19.9 Å². The highest BCUT2D eigenvalue weighted by atomic mass is 16.3. The van der Waals surface area contributed by atoms with Gasteiger partial charge >= 0.3 is 0 Å². The smallest absolute Gasteiger partial charge is 0.226 e. The normalized spacial score (nSPS) is 23.5. The third kappa shape index (κ3) is 2.33. The van der Waals surface area contributed by atoms with E-state index in [1.54, 1.807) is 13.4 Å². The van der Waals surface area contributed by atoms with Gasteiger partial charge in [0.25, 0.3) is 0 Å². The number of hydrogen-bond acceptors (Lipinski definition) is 6. The number of aliphatic hydroxyl groups excluding tert-OH is 1. The number of aromatic amines is 1. The number of hydrogen-bond donors (Lipinski definition) is 4. The minimum absolute atomic E-state index is 0.0415. The van der Waals surface area contributed by atoms with Crippen LogP contribution in [0.25, 0.3) is 11.2 Å². The average Bonchev–Trinajstić information content (AvgIpc) is 2.89. The average molecular weight is 262 g/mol. The summed E-state index contributed by atoms with van der Waals surface area (Å²) in [5.74, 6) is 1.21. The molecule has 2 atom stereocenters. The molecule has 2 aromatic rings. The molecular formula is C12H18N6O. The molecule has 3 rings (SSSR count). The quantitative estimate of drug-likeness (QED) is 0.661. The maximum absolute atomic E-state index is 10.0. The fraction of sp³-hybridized carbons (Fsp3) is 0.583. The van der Waals surface area contributed by atoms with Crippen molar-refractivity contribution < 1.29 is 5.11 Å². The molecule has 7 nitrogen and oxygen atoms in total. The number of fused-ring (bicyclic) bond motifs is 1.